The number of halogens is 1. The van der Waals surface area contributed by atoms with Gasteiger partial charge in [0.1, 0.15) is 5.82 Å². The van der Waals surface area contributed by atoms with Gasteiger partial charge in [-0.25, -0.2) is 4.39 Å². The number of rotatable bonds is 3. The van der Waals surface area contributed by atoms with E-state index in [2.05, 4.69) is 0 Å². The Balaban J connectivity index is 1.93. The second kappa shape index (κ2) is 6.30. The number of ketones is 1. The maximum atomic E-state index is 13.0. The highest BCUT2D eigenvalue weighted by Gasteiger charge is 2.27. The van der Waals surface area contributed by atoms with Crippen LogP contribution >= 0.6 is 0 Å². The van der Waals surface area contributed by atoms with E-state index in [1.54, 1.807) is 29.2 Å². The summed E-state index contributed by atoms with van der Waals surface area (Å²) in [5, 5.41) is 0. The van der Waals surface area contributed by atoms with E-state index >= 15 is 0 Å². The van der Waals surface area contributed by atoms with Crippen LogP contribution in [0.2, 0.25) is 0 Å². The molecule has 0 saturated carbocycles. The van der Waals surface area contributed by atoms with Gasteiger partial charge in [0.05, 0.1) is 5.56 Å². The first-order chi connectivity index (χ1) is 11.1. The third kappa shape index (κ3) is 3.14. The van der Waals surface area contributed by atoms with Gasteiger partial charge >= 0.3 is 0 Å². The van der Waals surface area contributed by atoms with Crippen LogP contribution < -0.4 is 5.73 Å². The van der Waals surface area contributed by atoms with Gasteiger partial charge in [0, 0.05) is 30.3 Å². The number of carbonyl (C=O) groups excluding carboxylic acids is 2. The lowest BCUT2D eigenvalue weighted by Crippen LogP contribution is -2.32. The molecule has 1 aliphatic heterocycles. The summed E-state index contributed by atoms with van der Waals surface area (Å²) in [7, 11) is 0. The summed E-state index contributed by atoms with van der Waals surface area (Å²) in [6, 6.07) is 12.0. The van der Waals surface area contributed by atoms with Gasteiger partial charge in [-0.05, 0) is 36.8 Å². The van der Waals surface area contributed by atoms with Crippen molar-refractivity contribution in [2.24, 2.45) is 5.73 Å². The zero-order valence-electron chi connectivity index (χ0n) is 12.5. The standard InChI is InChI=1S/C18H17FN2O2/c19-13-7-5-12(6-8-13)17(22)15-3-1-2-4-16(15)18(23)21-10-9-14(20)11-21/h1-8,14H,9-11,20H2. The highest BCUT2D eigenvalue weighted by atomic mass is 19.1. The average molecular weight is 312 g/mol. The highest BCUT2D eigenvalue weighted by molar-refractivity contribution is 6.15. The summed E-state index contributed by atoms with van der Waals surface area (Å²) < 4.78 is 13.0. The van der Waals surface area contributed by atoms with Crippen molar-refractivity contribution in [1.29, 1.82) is 0 Å². The van der Waals surface area contributed by atoms with E-state index < -0.39 is 5.82 Å². The molecule has 2 aromatic carbocycles. The molecule has 2 N–H and O–H groups in total. The van der Waals surface area contributed by atoms with Gasteiger partial charge < -0.3 is 10.6 Å². The minimum absolute atomic E-state index is 0.0149. The molecule has 4 nitrogen and oxygen atoms in total. The van der Waals surface area contributed by atoms with E-state index in [0.29, 0.717) is 29.8 Å². The zero-order valence-corrected chi connectivity index (χ0v) is 12.5. The molecule has 0 spiro atoms. The average Bonchev–Trinajstić information content (AvgIpc) is 3.01. The van der Waals surface area contributed by atoms with Crippen LogP contribution in [0.15, 0.2) is 48.5 Å². The van der Waals surface area contributed by atoms with Gasteiger partial charge in [0.25, 0.3) is 5.91 Å². The molecule has 5 heteroatoms. The summed E-state index contributed by atoms with van der Waals surface area (Å²) >= 11 is 0. The van der Waals surface area contributed by atoms with Gasteiger partial charge in [-0.3, -0.25) is 9.59 Å². The van der Waals surface area contributed by atoms with Crippen LogP contribution in [0.5, 0.6) is 0 Å². The Kier molecular flexibility index (Phi) is 4.21. The molecule has 1 atom stereocenters. The maximum absolute atomic E-state index is 13.0. The molecule has 0 aromatic heterocycles. The third-order valence-corrected chi connectivity index (χ3v) is 4.02. The quantitative estimate of drug-likeness (QED) is 0.884. The predicted molar refractivity (Wildman–Crippen MR) is 84.8 cm³/mol. The zero-order chi connectivity index (χ0) is 16.4. The molecule has 2 aromatic rings. The number of hydrogen-bond acceptors (Lipinski definition) is 3. The number of hydrogen-bond donors (Lipinski definition) is 1. The fourth-order valence-electron chi connectivity index (χ4n) is 2.77. The Hall–Kier alpha value is -2.53. The van der Waals surface area contributed by atoms with Gasteiger partial charge in [-0.15, -0.1) is 0 Å². The first-order valence-electron chi connectivity index (χ1n) is 7.50. The van der Waals surface area contributed by atoms with Crippen LogP contribution in [0.4, 0.5) is 4.39 Å². The summed E-state index contributed by atoms with van der Waals surface area (Å²) in [6.07, 6.45) is 0.764. The van der Waals surface area contributed by atoms with Gasteiger partial charge in [-0.1, -0.05) is 18.2 Å². The van der Waals surface area contributed by atoms with E-state index in [0.717, 1.165) is 6.42 Å². The monoisotopic (exact) mass is 312 g/mol. The number of nitrogens with zero attached hydrogens (tertiary/aromatic N) is 1. The fourth-order valence-corrected chi connectivity index (χ4v) is 2.77. The largest absolute Gasteiger partial charge is 0.337 e. The van der Waals surface area contributed by atoms with Crippen molar-refractivity contribution in [3.63, 3.8) is 0 Å². The normalized spacial score (nSPS) is 17.3. The smallest absolute Gasteiger partial charge is 0.254 e. The maximum Gasteiger partial charge on any atom is 0.254 e. The fraction of sp³-hybridized carbons (Fsp3) is 0.222. The molecule has 1 amide bonds. The van der Waals surface area contributed by atoms with Gasteiger partial charge in [0.15, 0.2) is 5.78 Å². The Morgan fingerprint density at radius 2 is 1.70 bits per heavy atom. The topological polar surface area (TPSA) is 63.4 Å². The highest BCUT2D eigenvalue weighted by Crippen LogP contribution is 2.19. The van der Waals surface area contributed by atoms with Crippen molar-refractivity contribution in [3.8, 4) is 0 Å². The minimum Gasteiger partial charge on any atom is -0.337 e. The van der Waals surface area contributed by atoms with Crippen LogP contribution in [0.3, 0.4) is 0 Å². The van der Waals surface area contributed by atoms with Crippen LogP contribution in [0.1, 0.15) is 32.7 Å². The molecule has 0 aliphatic carbocycles. The Morgan fingerprint density at radius 1 is 1.04 bits per heavy atom. The SMILES string of the molecule is NC1CCN(C(=O)c2ccccc2C(=O)c2ccc(F)cc2)C1. The molecular formula is C18H17FN2O2. The minimum atomic E-state index is -0.406. The lowest BCUT2D eigenvalue weighted by Gasteiger charge is -2.17. The molecule has 23 heavy (non-hydrogen) atoms. The van der Waals surface area contributed by atoms with E-state index in [1.165, 1.54) is 24.3 Å². The second-order valence-electron chi connectivity index (χ2n) is 5.68. The molecule has 1 heterocycles. The molecule has 3 rings (SSSR count). The van der Waals surface area contributed by atoms with Crippen LogP contribution in [0.25, 0.3) is 0 Å². The molecular weight excluding hydrogens is 295 g/mol. The van der Waals surface area contributed by atoms with E-state index in [9.17, 15) is 14.0 Å². The molecule has 1 aliphatic rings. The first kappa shape index (κ1) is 15.4. The molecule has 0 radical (unpaired) electrons. The molecule has 1 saturated heterocycles. The molecule has 0 bridgehead atoms. The second-order valence-corrected chi connectivity index (χ2v) is 5.68. The van der Waals surface area contributed by atoms with Crippen molar-refractivity contribution >= 4 is 11.7 Å². The summed E-state index contributed by atoms with van der Waals surface area (Å²) in [5.74, 6) is -0.890. The van der Waals surface area contributed by atoms with Crippen molar-refractivity contribution < 1.29 is 14.0 Å². The summed E-state index contributed by atoms with van der Waals surface area (Å²) in [6.45, 7) is 1.09. The first-order valence-corrected chi connectivity index (χ1v) is 7.50. The van der Waals surface area contributed by atoms with Gasteiger partial charge in [-0.2, -0.15) is 0 Å². The lowest BCUT2D eigenvalue weighted by molar-refractivity contribution is 0.0786. The van der Waals surface area contributed by atoms with Crippen LogP contribution in [0, 0.1) is 5.82 Å². The predicted octanol–water partition coefficient (Wildman–Crippen LogP) is 2.23. The van der Waals surface area contributed by atoms with E-state index in [-0.39, 0.29) is 17.7 Å². The molecule has 118 valence electrons. The van der Waals surface area contributed by atoms with Crippen LogP contribution in [-0.2, 0) is 0 Å². The molecule has 1 fully saturated rings. The van der Waals surface area contributed by atoms with Gasteiger partial charge in [0.2, 0.25) is 0 Å². The van der Waals surface area contributed by atoms with Crippen LogP contribution in [-0.4, -0.2) is 35.7 Å². The van der Waals surface area contributed by atoms with Crippen molar-refractivity contribution in [2.45, 2.75) is 12.5 Å². The van der Waals surface area contributed by atoms with E-state index in [1.807, 2.05) is 0 Å². The lowest BCUT2D eigenvalue weighted by atomic mass is 9.97. The molecule has 1 unspecified atom stereocenters. The van der Waals surface area contributed by atoms with Crippen molar-refractivity contribution in [1.82, 2.24) is 4.90 Å². The Bertz CT molecular complexity index is 743. The Labute approximate surface area is 133 Å². The Morgan fingerprint density at radius 3 is 2.30 bits per heavy atom. The number of benzene rings is 2. The summed E-state index contributed by atoms with van der Waals surface area (Å²) in [5.41, 5.74) is 6.88. The van der Waals surface area contributed by atoms with E-state index in [4.69, 9.17) is 5.73 Å². The van der Waals surface area contributed by atoms with Crippen molar-refractivity contribution in [2.75, 3.05) is 13.1 Å². The number of likely N-dealkylation sites (tertiary alicyclic amines) is 1. The summed E-state index contributed by atoms with van der Waals surface area (Å²) in [4.78, 5) is 27.0. The number of amides is 1. The van der Waals surface area contributed by atoms with Crippen molar-refractivity contribution in [3.05, 3.63) is 71.0 Å². The third-order valence-electron chi connectivity index (χ3n) is 4.02. The number of carbonyl (C=O) groups is 2. The number of nitrogens with two attached hydrogens (primary N) is 1.